The van der Waals surface area contributed by atoms with Crippen LogP contribution in [0.3, 0.4) is 0 Å². The summed E-state index contributed by atoms with van der Waals surface area (Å²) in [5.74, 6) is 0. The van der Waals surface area contributed by atoms with Crippen LogP contribution in [0.1, 0.15) is 6.23 Å². The molecule has 0 amide bonds. The van der Waals surface area contributed by atoms with E-state index < -0.39 is 50.2 Å². The molecule has 0 aliphatic carbocycles. The van der Waals surface area contributed by atoms with E-state index in [4.69, 9.17) is 4.74 Å². The number of ether oxygens (including phenoxy) is 1. The van der Waals surface area contributed by atoms with Crippen LogP contribution in [0.25, 0.3) is 0 Å². The predicted molar refractivity (Wildman–Crippen MR) is 60.8 cm³/mol. The SMILES string of the molecule is O=c1ccn([C@@H]2O[C@H](COP(=O)([O-])[O-])[C@@H](O)[C@@H]2O)c(=O)[nH]1.[Na+].[Na+]. The fraction of sp³-hybridized carbons (Fsp3) is 0.556. The molecule has 1 aliphatic heterocycles. The van der Waals surface area contributed by atoms with Crippen LogP contribution < -0.4 is 80.2 Å². The van der Waals surface area contributed by atoms with Gasteiger partial charge in [0.15, 0.2) is 6.23 Å². The number of hydrogen-bond donors (Lipinski definition) is 3. The van der Waals surface area contributed by atoms with Gasteiger partial charge in [-0.15, -0.1) is 0 Å². The molecule has 0 unspecified atom stereocenters. The van der Waals surface area contributed by atoms with Crippen molar-refractivity contribution in [2.24, 2.45) is 0 Å². The fourth-order valence-corrected chi connectivity index (χ4v) is 2.22. The molecule has 1 aromatic heterocycles. The summed E-state index contributed by atoms with van der Waals surface area (Å²) in [4.78, 5) is 45.2. The number of phosphoric ester groups is 1. The van der Waals surface area contributed by atoms with Crippen LogP contribution in [-0.4, -0.2) is 44.7 Å². The van der Waals surface area contributed by atoms with Crippen molar-refractivity contribution < 1.29 is 92.9 Å². The molecule has 2 rings (SSSR count). The Labute approximate surface area is 173 Å². The first-order valence-corrected chi connectivity index (χ1v) is 7.15. The Hall–Kier alpha value is 0.670. The average molecular weight is 368 g/mol. The summed E-state index contributed by atoms with van der Waals surface area (Å²) in [6, 6.07) is 0.997. The van der Waals surface area contributed by atoms with E-state index in [0.717, 1.165) is 16.8 Å². The van der Waals surface area contributed by atoms with Gasteiger partial charge in [0, 0.05) is 12.3 Å². The second kappa shape index (κ2) is 9.39. The number of nitrogens with zero attached hydrogens (tertiary/aromatic N) is 1. The predicted octanol–water partition coefficient (Wildman–Crippen LogP) is -9.99. The number of aromatic amines is 1. The molecule has 1 aromatic rings. The smallest absolute Gasteiger partial charge is 0.790 e. The molecule has 1 fully saturated rings. The van der Waals surface area contributed by atoms with Crippen molar-refractivity contribution >= 4 is 7.82 Å². The van der Waals surface area contributed by atoms with Crippen molar-refractivity contribution in [1.29, 1.82) is 0 Å². The zero-order valence-corrected chi connectivity index (χ0v) is 17.2. The first-order valence-electron chi connectivity index (χ1n) is 5.69. The maximum Gasteiger partial charge on any atom is 1.00 e. The molecule has 14 heteroatoms. The topological polar surface area (TPSA) is 177 Å². The molecule has 118 valence electrons. The third-order valence-electron chi connectivity index (χ3n) is 2.86. The van der Waals surface area contributed by atoms with Gasteiger partial charge in [0.25, 0.3) is 5.56 Å². The second-order valence-electron chi connectivity index (χ2n) is 4.31. The molecule has 1 aliphatic rings. The normalized spacial score (nSPS) is 27.1. The number of phosphoric acid groups is 1. The molecule has 4 atom stereocenters. The van der Waals surface area contributed by atoms with E-state index in [1.807, 2.05) is 4.98 Å². The molecular formula is C9H11N2Na2O9P. The van der Waals surface area contributed by atoms with Gasteiger partial charge in [-0.1, -0.05) is 0 Å². The largest absolute Gasteiger partial charge is 1.00 e. The third-order valence-corrected chi connectivity index (χ3v) is 3.32. The van der Waals surface area contributed by atoms with E-state index in [1.54, 1.807) is 0 Å². The van der Waals surface area contributed by atoms with Crippen LogP contribution in [0.15, 0.2) is 21.9 Å². The van der Waals surface area contributed by atoms with E-state index in [0.29, 0.717) is 0 Å². The number of aliphatic hydroxyl groups is 2. The van der Waals surface area contributed by atoms with E-state index in [2.05, 4.69) is 4.52 Å². The standard InChI is InChI=1S/C9H13N2O9P.2Na/c12-5-1-2-11(9(15)10-5)8-7(14)6(13)4(20-8)3-19-21(16,17)18;;/h1-2,4,6-8,13-14H,3H2,(H,10,12,15)(H2,16,17,18);;/q;2*+1/p-2/t4-,6-,7+,8-;;/m1../s1. The van der Waals surface area contributed by atoms with Crippen molar-refractivity contribution in [2.45, 2.75) is 24.5 Å². The molecule has 0 spiro atoms. The van der Waals surface area contributed by atoms with Crippen molar-refractivity contribution in [3.8, 4) is 0 Å². The summed E-state index contributed by atoms with van der Waals surface area (Å²) >= 11 is 0. The molecule has 11 nitrogen and oxygen atoms in total. The summed E-state index contributed by atoms with van der Waals surface area (Å²) in [5, 5.41) is 19.5. The Balaban J connectivity index is 0.00000242. The van der Waals surface area contributed by atoms with Gasteiger partial charge in [-0.05, 0) is 0 Å². The molecule has 1 saturated heterocycles. The maximum absolute atomic E-state index is 11.6. The minimum Gasteiger partial charge on any atom is -0.790 e. The quantitative estimate of drug-likeness (QED) is 0.344. The van der Waals surface area contributed by atoms with Gasteiger partial charge < -0.3 is 33.8 Å². The van der Waals surface area contributed by atoms with Crippen LogP contribution in [0.4, 0.5) is 0 Å². The van der Waals surface area contributed by atoms with Gasteiger partial charge in [0.1, 0.15) is 18.3 Å². The Morgan fingerprint density at radius 2 is 1.91 bits per heavy atom. The summed E-state index contributed by atoms with van der Waals surface area (Å²) in [6.07, 6.45) is -4.83. The summed E-state index contributed by atoms with van der Waals surface area (Å²) in [5.41, 5.74) is -1.55. The number of hydrogen-bond acceptors (Lipinski definition) is 9. The molecule has 3 N–H and O–H groups in total. The number of H-pyrrole nitrogens is 1. The molecule has 0 bridgehead atoms. The molecule has 23 heavy (non-hydrogen) atoms. The van der Waals surface area contributed by atoms with Crippen molar-refractivity contribution in [3.63, 3.8) is 0 Å². The second-order valence-corrected chi connectivity index (χ2v) is 5.46. The molecule has 0 saturated carbocycles. The van der Waals surface area contributed by atoms with Crippen LogP contribution in [-0.2, 0) is 13.8 Å². The Kier molecular flexibility index (Phi) is 9.66. The van der Waals surface area contributed by atoms with Gasteiger partial charge in [0.2, 0.25) is 0 Å². The number of rotatable bonds is 4. The van der Waals surface area contributed by atoms with Gasteiger partial charge in [-0.25, -0.2) is 4.79 Å². The van der Waals surface area contributed by atoms with E-state index in [-0.39, 0.29) is 59.1 Å². The third kappa shape index (κ3) is 6.15. The monoisotopic (exact) mass is 368 g/mol. The summed E-state index contributed by atoms with van der Waals surface area (Å²) in [7, 11) is -5.26. The first kappa shape index (κ1) is 23.7. The van der Waals surface area contributed by atoms with Crippen LogP contribution in [0.2, 0.25) is 0 Å². The van der Waals surface area contributed by atoms with Gasteiger partial charge in [0.05, 0.1) is 14.4 Å². The van der Waals surface area contributed by atoms with Gasteiger partial charge >= 0.3 is 64.8 Å². The molecular weight excluding hydrogens is 357 g/mol. The van der Waals surface area contributed by atoms with Crippen LogP contribution >= 0.6 is 7.82 Å². The van der Waals surface area contributed by atoms with Gasteiger partial charge in [-0.2, -0.15) is 0 Å². The molecule has 0 aromatic carbocycles. The van der Waals surface area contributed by atoms with E-state index >= 15 is 0 Å². The summed E-state index contributed by atoms with van der Waals surface area (Å²) in [6.45, 7) is -0.808. The number of nitrogens with one attached hydrogen (secondary N) is 1. The van der Waals surface area contributed by atoms with Gasteiger partial charge in [-0.3, -0.25) is 14.3 Å². The minimum absolute atomic E-state index is 0. The number of aromatic nitrogens is 2. The van der Waals surface area contributed by atoms with Crippen molar-refractivity contribution in [3.05, 3.63) is 33.1 Å². The minimum atomic E-state index is -5.26. The first-order chi connectivity index (χ1) is 9.69. The Morgan fingerprint density at radius 1 is 1.30 bits per heavy atom. The molecule has 0 radical (unpaired) electrons. The van der Waals surface area contributed by atoms with E-state index in [9.17, 15) is 34.2 Å². The van der Waals surface area contributed by atoms with E-state index in [1.165, 1.54) is 0 Å². The van der Waals surface area contributed by atoms with Crippen molar-refractivity contribution in [1.82, 2.24) is 9.55 Å². The zero-order valence-electron chi connectivity index (χ0n) is 12.3. The zero-order chi connectivity index (χ0) is 15.8. The fourth-order valence-electron chi connectivity index (χ4n) is 1.89. The number of aliphatic hydroxyl groups excluding tert-OH is 2. The Bertz CT molecular complexity index is 673. The average Bonchev–Trinajstić information content (AvgIpc) is 2.64. The maximum atomic E-state index is 11.6. The van der Waals surface area contributed by atoms with Crippen molar-refractivity contribution in [2.75, 3.05) is 6.61 Å². The summed E-state index contributed by atoms with van der Waals surface area (Å²) < 4.78 is 20.3. The van der Waals surface area contributed by atoms with Crippen LogP contribution in [0.5, 0.6) is 0 Å². The Morgan fingerprint density at radius 3 is 2.43 bits per heavy atom. The molecule has 2 heterocycles. The van der Waals surface area contributed by atoms with Crippen LogP contribution in [0, 0.1) is 0 Å².